The first-order valence-electron chi connectivity index (χ1n) is 5.85. The smallest absolute Gasteiger partial charge is 0.119 e. The van der Waals surface area contributed by atoms with Gasteiger partial charge in [0.25, 0.3) is 0 Å². The number of benzene rings is 1. The fourth-order valence-electron chi connectivity index (χ4n) is 1.50. The van der Waals surface area contributed by atoms with Crippen LogP contribution in [0.15, 0.2) is 30.3 Å². The third-order valence-electron chi connectivity index (χ3n) is 2.73. The fourth-order valence-corrected chi connectivity index (χ4v) is 1.50. The highest BCUT2D eigenvalue weighted by molar-refractivity contribution is 5.20. The Bertz CT molecular complexity index is 293. The lowest BCUT2D eigenvalue weighted by molar-refractivity contribution is 0.116. The first-order valence-corrected chi connectivity index (χ1v) is 5.85. The van der Waals surface area contributed by atoms with E-state index in [1.54, 1.807) is 7.11 Å². The van der Waals surface area contributed by atoms with Crippen LogP contribution in [0.5, 0.6) is 5.75 Å². The molecule has 1 atom stereocenters. The number of likely N-dealkylation sites (N-methyl/N-ethyl adjacent to an activating group) is 1. The van der Waals surface area contributed by atoms with Crippen molar-refractivity contribution in [2.45, 2.75) is 6.04 Å². The van der Waals surface area contributed by atoms with E-state index in [2.05, 4.69) is 4.90 Å². The maximum Gasteiger partial charge on any atom is 0.119 e. The van der Waals surface area contributed by atoms with Gasteiger partial charge in [0.1, 0.15) is 12.4 Å². The van der Waals surface area contributed by atoms with Crippen LogP contribution in [0.25, 0.3) is 0 Å². The Morgan fingerprint density at radius 2 is 2.00 bits per heavy atom. The van der Waals surface area contributed by atoms with Gasteiger partial charge in [-0.15, -0.1) is 0 Å². The molecular formula is C13H22N2O2. The summed E-state index contributed by atoms with van der Waals surface area (Å²) in [5, 5.41) is 0. The van der Waals surface area contributed by atoms with Gasteiger partial charge >= 0.3 is 0 Å². The Balaban J connectivity index is 2.36. The number of ether oxygens (including phenoxy) is 2. The molecule has 0 bridgehead atoms. The average Bonchev–Trinajstić information content (AvgIpc) is 2.38. The van der Waals surface area contributed by atoms with Crippen LogP contribution in [-0.2, 0) is 4.74 Å². The molecule has 1 aromatic rings. The van der Waals surface area contributed by atoms with Gasteiger partial charge in [0.15, 0.2) is 0 Å². The summed E-state index contributed by atoms with van der Waals surface area (Å²) in [6.07, 6.45) is 0. The molecule has 1 aromatic carbocycles. The highest BCUT2D eigenvalue weighted by Crippen LogP contribution is 2.09. The highest BCUT2D eigenvalue weighted by Gasteiger charge is 2.13. The molecule has 0 aliphatic carbocycles. The molecule has 0 fully saturated rings. The third-order valence-corrected chi connectivity index (χ3v) is 2.73. The molecule has 0 saturated heterocycles. The molecule has 0 aromatic heterocycles. The van der Waals surface area contributed by atoms with E-state index in [1.165, 1.54) is 0 Å². The van der Waals surface area contributed by atoms with Crippen LogP contribution in [0.1, 0.15) is 0 Å². The lowest BCUT2D eigenvalue weighted by Gasteiger charge is -2.26. The molecular weight excluding hydrogens is 216 g/mol. The first kappa shape index (κ1) is 14.0. The molecule has 0 heterocycles. The van der Waals surface area contributed by atoms with Crippen LogP contribution in [0, 0.1) is 0 Å². The van der Waals surface area contributed by atoms with Crippen LogP contribution in [-0.4, -0.2) is 51.4 Å². The minimum absolute atomic E-state index is 0.213. The van der Waals surface area contributed by atoms with E-state index < -0.39 is 0 Å². The van der Waals surface area contributed by atoms with Gasteiger partial charge in [0.05, 0.1) is 12.6 Å². The quantitative estimate of drug-likeness (QED) is 0.733. The summed E-state index contributed by atoms with van der Waals surface area (Å²) in [4.78, 5) is 2.16. The van der Waals surface area contributed by atoms with Crippen LogP contribution < -0.4 is 10.5 Å². The van der Waals surface area contributed by atoms with E-state index in [1.807, 2.05) is 37.4 Å². The first-order chi connectivity index (χ1) is 8.27. The van der Waals surface area contributed by atoms with Crippen molar-refractivity contribution >= 4 is 0 Å². The van der Waals surface area contributed by atoms with Gasteiger partial charge in [0, 0.05) is 20.2 Å². The monoisotopic (exact) mass is 238 g/mol. The van der Waals surface area contributed by atoms with Crippen molar-refractivity contribution < 1.29 is 9.47 Å². The second kappa shape index (κ2) is 8.06. The number of nitrogens with zero attached hydrogens (tertiary/aromatic N) is 1. The lowest BCUT2D eigenvalue weighted by Crippen LogP contribution is -2.43. The Hall–Kier alpha value is -1.10. The maximum atomic E-state index is 5.75. The van der Waals surface area contributed by atoms with E-state index in [0.29, 0.717) is 19.8 Å². The van der Waals surface area contributed by atoms with Crippen molar-refractivity contribution in [3.8, 4) is 5.75 Å². The predicted octanol–water partition coefficient (Wildman–Crippen LogP) is 0.971. The van der Waals surface area contributed by atoms with Crippen molar-refractivity contribution in [2.24, 2.45) is 5.73 Å². The van der Waals surface area contributed by atoms with E-state index in [9.17, 15) is 0 Å². The van der Waals surface area contributed by atoms with E-state index >= 15 is 0 Å². The second-order valence-electron chi connectivity index (χ2n) is 3.99. The van der Waals surface area contributed by atoms with Crippen LogP contribution in [0.3, 0.4) is 0 Å². The Morgan fingerprint density at radius 1 is 1.29 bits per heavy atom. The van der Waals surface area contributed by atoms with Crippen LogP contribution in [0.4, 0.5) is 0 Å². The Labute approximate surface area is 103 Å². The largest absolute Gasteiger partial charge is 0.492 e. The summed E-state index contributed by atoms with van der Waals surface area (Å²) in [5.41, 5.74) is 5.75. The Kier molecular flexibility index (Phi) is 6.62. The van der Waals surface area contributed by atoms with Crippen molar-refractivity contribution in [3.05, 3.63) is 30.3 Å². The fraction of sp³-hybridized carbons (Fsp3) is 0.538. The SMILES string of the molecule is COCCN(C)[C@H](CN)COc1ccccc1. The minimum atomic E-state index is 0.213. The van der Waals surface area contributed by atoms with E-state index in [0.717, 1.165) is 12.3 Å². The summed E-state index contributed by atoms with van der Waals surface area (Å²) in [7, 11) is 3.73. The average molecular weight is 238 g/mol. The maximum absolute atomic E-state index is 5.75. The molecule has 4 heteroatoms. The molecule has 4 nitrogen and oxygen atoms in total. The van der Waals surface area contributed by atoms with Crippen molar-refractivity contribution in [1.82, 2.24) is 4.90 Å². The van der Waals surface area contributed by atoms with Crippen LogP contribution in [0.2, 0.25) is 0 Å². The summed E-state index contributed by atoms with van der Waals surface area (Å²) < 4.78 is 10.7. The van der Waals surface area contributed by atoms with Gasteiger partial charge in [-0.25, -0.2) is 0 Å². The number of nitrogens with two attached hydrogens (primary N) is 1. The molecule has 2 N–H and O–H groups in total. The van der Waals surface area contributed by atoms with Gasteiger partial charge in [0.2, 0.25) is 0 Å². The van der Waals surface area contributed by atoms with Crippen molar-refractivity contribution in [2.75, 3.05) is 40.5 Å². The molecule has 1 rings (SSSR count). The van der Waals surface area contributed by atoms with Crippen molar-refractivity contribution in [3.63, 3.8) is 0 Å². The molecule has 0 aliphatic rings. The summed E-state index contributed by atoms with van der Waals surface area (Å²) in [6, 6.07) is 10.00. The normalized spacial score (nSPS) is 12.7. The van der Waals surface area contributed by atoms with Gasteiger partial charge in [-0.3, -0.25) is 4.90 Å². The number of hydrogen-bond donors (Lipinski definition) is 1. The topological polar surface area (TPSA) is 47.7 Å². The molecule has 0 spiro atoms. The molecule has 0 saturated carbocycles. The molecule has 0 unspecified atom stereocenters. The van der Waals surface area contributed by atoms with Crippen LogP contribution >= 0.6 is 0 Å². The molecule has 0 aliphatic heterocycles. The summed E-state index contributed by atoms with van der Waals surface area (Å²) in [5.74, 6) is 0.881. The van der Waals surface area contributed by atoms with E-state index in [4.69, 9.17) is 15.2 Å². The lowest BCUT2D eigenvalue weighted by atomic mass is 10.2. The summed E-state index contributed by atoms with van der Waals surface area (Å²) in [6.45, 7) is 2.74. The summed E-state index contributed by atoms with van der Waals surface area (Å²) >= 11 is 0. The van der Waals surface area contributed by atoms with Gasteiger partial charge in [-0.1, -0.05) is 18.2 Å². The van der Waals surface area contributed by atoms with Gasteiger partial charge in [-0.05, 0) is 19.2 Å². The standard InChI is InChI=1S/C13H22N2O2/c1-15(8-9-16-2)12(10-14)11-17-13-6-4-3-5-7-13/h3-7,12H,8-11,14H2,1-2H3/t12-/m1/s1. The number of hydrogen-bond acceptors (Lipinski definition) is 4. The number of methoxy groups -OCH3 is 1. The van der Waals surface area contributed by atoms with Gasteiger partial charge in [-0.2, -0.15) is 0 Å². The molecule has 0 amide bonds. The number of para-hydroxylation sites is 1. The third kappa shape index (κ3) is 5.17. The zero-order valence-corrected chi connectivity index (χ0v) is 10.6. The zero-order valence-electron chi connectivity index (χ0n) is 10.6. The second-order valence-corrected chi connectivity index (χ2v) is 3.99. The molecule has 0 radical (unpaired) electrons. The zero-order chi connectivity index (χ0) is 12.5. The number of rotatable bonds is 8. The van der Waals surface area contributed by atoms with Gasteiger partial charge < -0.3 is 15.2 Å². The highest BCUT2D eigenvalue weighted by atomic mass is 16.5. The van der Waals surface area contributed by atoms with Crippen molar-refractivity contribution in [1.29, 1.82) is 0 Å². The predicted molar refractivity (Wildman–Crippen MR) is 69.3 cm³/mol. The molecule has 17 heavy (non-hydrogen) atoms. The minimum Gasteiger partial charge on any atom is -0.492 e. The Morgan fingerprint density at radius 3 is 2.59 bits per heavy atom. The molecule has 96 valence electrons. The van der Waals surface area contributed by atoms with E-state index in [-0.39, 0.29) is 6.04 Å².